The minimum Gasteiger partial charge on any atom is -0.481 e. The fourth-order valence-electron chi connectivity index (χ4n) is 1.80. The fraction of sp³-hybridized carbons (Fsp3) is 0.583. The summed E-state index contributed by atoms with van der Waals surface area (Å²) in [6.07, 6.45) is 5.63. The van der Waals surface area contributed by atoms with Gasteiger partial charge in [-0.1, -0.05) is 0 Å². The van der Waals surface area contributed by atoms with E-state index in [4.69, 9.17) is 5.11 Å². The molecule has 1 aliphatic carbocycles. The van der Waals surface area contributed by atoms with Crippen molar-refractivity contribution in [2.45, 2.75) is 25.8 Å². The standard InChI is InChI=1S/C12H18N4O3/c17-10(18)12(3-4-12)9-14-11(19)13-5-1-7-16-8-2-6-15-16/h2,6,8H,1,3-5,7,9H2,(H,17,18)(H2,13,14,19). The number of aliphatic carboxylic acids is 1. The first-order valence-corrected chi connectivity index (χ1v) is 6.35. The van der Waals surface area contributed by atoms with Gasteiger partial charge in [0, 0.05) is 32.0 Å². The van der Waals surface area contributed by atoms with Crippen molar-refractivity contribution in [3.05, 3.63) is 18.5 Å². The molecule has 2 amide bonds. The molecule has 19 heavy (non-hydrogen) atoms. The monoisotopic (exact) mass is 266 g/mol. The molecular formula is C12H18N4O3. The van der Waals surface area contributed by atoms with Crippen LogP contribution < -0.4 is 10.6 Å². The molecule has 0 atom stereocenters. The third kappa shape index (κ3) is 3.70. The Labute approximate surface area is 111 Å². The highest BCUT2D eigenvalue weighted by atomic mass is 16.4. The number of urea groups is 1. The summed E-state index contributed by atoms with van der Waals surface area (Å²) in [6.45, 7) is 1.48. The van der Waals surface area contributed by atoms with E-state index in [2.05, 4.69) is 15.7 Å². The van der Waals surface area contributed by atoms with E-state index in [9.17, 15) is 9.59 Å². The maximum Gasteiger partial charge on any atom is 0.314 e. The number of rotatable bonds is 7. The summed E-state index contributed by atoms with van der Waals surface area (Å²) >= 11 is 0. The van der Waals surface area contributed by atoms with Gasteiger partial charge in [0.25, 0.3) is 0 Å². The fourth-order valence-corrected chi connectivity index (χ4v) is 1.80. The summed E-state index contributed by atoms with van der Waals surface area (Å²) in [6, 6.07) is 1.54. The molecular weight excluding hydrogens is 248 g/mol. The lowest BCUT2D eigenvalue weighted by Gasteiger charge is -2.12. The number of nitrogens with one attached hydrogen (secondary N) is 2. The molecule has 1 fully saturated rings. The van der Waals surface area contributed by atoms with Crippen LogP contribution in [0.15, 0.2) is 18.5 Å². The minimum absolute atomic E-state index is 0.202. The number of nitrogens with zero attached hydrogens (tertiary/aromatic N) is 2. The van der Waals surface area contributed by atoms with Gasteiger partial charge in [0.15, 0.2) is 0 Å². The maximum absolute atomic E-state index is 11.5. The Balaban J connectivity index is 1.56. The van der Waals surface area contributed by atoms with Crippen LogP contribution in [0, 0.1) is 5.41 Å². The highest BCUT2D eigenvalue weighted by Gasteiger charge is 2.50. The van der Waals surface area contributed by atoms with Crippen LogP contribution in [-0.4, -0.2) is 40.0 Å². The van der Waals surface area contributed by atoms with Gasteiger partial charge in [-0.15, -0.1) is 0 Å². The SMILES string of the molecule is O=C(NCCCn1cccn1)NCC1(C(=O)O)CC1. The van der Waals surface area contributed by atoms with E-state index in [0.717, 1.165) is 13.0 Å². The number of carbonyl (C=O) groups is 2. The molecule has 0 aromatic carbocycles. The zero-order valence-electron chi connectivity index (χ0n) is 10.6. The van der Waals surface area contributed by atoms with Crippen molar-refractivity contribution < 1.29 is 14.7 Å². The van der Waals surface area contributed by atoms with Crippen molar-refractivity contribution in [2.24, 2.45) is 5.41 Å². The number of carbonyl (C=O) groups excluding carboxylic acids is 1. The molecule has 0 spiro atoms. The number of amides is 2. The van der Waals surface area contributed by atoms with Crippen molar-refractivity contribution in [1.29, 1.82) is 0 Å². The molecule has 1 saturated carbocycles. The van der Waals surface area contributed by atoms with Crippen LogP contribution in [0.1, 0.15) is 19.3 Å². The van der Waals surface area contributed by atoms with Gasteiger partial charge in [-0.05, 0) is 25.3 Å². The van der Waals surface area contributed by atoms with Crippen LogP contribution in [0.5, 0.6) is 0 Å². The second-order valence-corrected chi connectivity index (χ2v) is 4.82. The summed E-state index contributed by atoms with van der Waals surface area (Å²) in [5, 5.41) is 18.3. The molecule has 7 nitrogen and oxygen atoms in total. The first kappa shape index (κ1) is 13.4. The van der Waals surface area contributed by atoms with Gasteiger partial charge in [-0.2, -0.15) is 5.10 Å². The van der Waals surface area contributed by atoms with Crippen molar-refractivity contribution in [1.82, 2.24) is 20.4 Å². The summed E-state index contributed by atoms with van der Waals surface area (Å²) in [4.78, 5) is 22.4. The number of hydrogen-bond donors (Lipinski definition) is 3. The molecule has 1 aromatic heterocycles. The van der Waals surface area contributed by atoms with Gasteiger partial charge in [0.2, 0.25) is 0 Å². The van der Waals surface area contributed by atoms with Crippen molar-refractivity contribution >= 4 is 12.0 Å². The first-order valence-electron chi connectivity index (χ1n) is 6.35. The van der Waals surface area contributed by atoms with E-state index < -0.39 is 11.4 Å². The second-order valence-electron chi connectivity index (χ2n) is 4.82. The number of aromatic nitrogens is 2. The molecule has 7 heteroatoms. The third-order valence-corrected chi connectivity index (χ3v) is 3.30. The highest BCUT2D eigenvalue weighted by Crippen LogP contribution is 2.45. The zero-order chi connectivity index (χ0) is 13.7. The van der Waals surface area contributed by atoms with Gasteiger partial charge in [0.1, 0.15) is 0 Å². The van der Waals surface area contributed by atoms with Crippen LogP contribution in [0.25, 0.3) is 0 Å². The van der Waals surface area contributed by atoms with Gasteiger partial charge in [0.05, 0.1) is 5.41 Å². The number of aryl methyl sites for hydroxylation is 1. The lowest BCUT2D eigenvalue weighted by Crippen LogP contribution is -2.41. The molecule has 2 rings (SSSR count). The van der Waals surface area contributed by atoms with E-state index in [-0.39, 0.29) is 12.6 Å². The number of carboxylic acids is 1. The van der Waals surface area contributed by atoms with Crippen LogP contribution in [0.4, 0.5) is 4.79 Å². The lowest BCUT2D eigenvalue weighted by molar-refractivity contribution is -0.143. The molecule has 3 N–H and O–H groups in total. The van der Waals surface area contributed by atoms with Crippen LogP contribution in [0.2, 0.25) is 0 Å². The zero-order valence-corrected chi connectivity index (χ0v) is 10.6. The molecule has 0 radical (unpaired) electrons. The van der Waals surface area contributed by atoms with Gasteiger partial charge in [-0.3, -0.25) is 9.48 Å². The molecule has 1 aliphatic rings. The van der Waals surface area contributed by atoms with Gasteiger partial charge in [-0.25, -0.2) is 4.79 Å². The average Bonchev–Trinajstić information content (AvgIpc) is 3.01. The lowest BCUT2D eigenvalue weighted by atomic mass is 10.1. The van der Waals surface area contributed by atoms with E-state index in [1.54, 1.807) is 10.9 Å². The Morgan fingerprint density at radius 2 is 2.16 bits per heavy atom. The van der Waals surface area contributed by atoms with E-state index >= 15 is 0 Å². The molecule has 0 unspecified atom stereocenters. The smallest absolute Gasteiger partial charge is 0.314 e. The average molecular weight is 266 g/mol. The molecule has 0 bridgehead atoms. The van der Waals surface area contributed by atoms with Crippen LogP contribution >= 0.6 is 0 Å². The predicted octanol–water partition coefficient (Wildman–Crippen LogP) is 0.437. The maximum atomic E-state index is 11.5. The highest BCUT2D eigenvalue weighted by molar-refractivity contribution is 5.80. The quantitative estimate of drug-likeness (QED) is 0.624. The Morgan fingerprint density at radius 1 is 1.37 bits per heavy atom. The predicted molar refractivity (Wildman–Crippen MR) is 67.5 cm³/mol. The van der Waals surface area contributed by atoms with Crippen molar-refractivity contribution in [3.63, 3.8) is 0 Å². The van der Waals surface area contributed by atoms with Crippen molar-refractivity contribution in [2.75, 3.05) is 13.1 Å². The summed E-state index contributed by atoms with van der Waals surface area (Å²) in [7, 11) is 0. The first-order chi connectivity index (χ1) is 9.12. The number of carboxylic acid groups (broad SMARTS) is 1. The topological polar surface area (TPSA) is 96.3 Å². The second kappa shape index (κ2) is 5.73. The summed E-state index contributed by atoms with van der Waals surface area (Å²) in [5.41, 5.74) is -0.716. The van der Waals surface area contributed by atoms with E-state index in [0.29, 0.717) is 19.4 Å². The Kier molecular flexibility index (Phi) is 4.03. The summed E-state index contributed by atoms with van der Waals surface area (Å²) in [5.74, 6) is -0.827. The minimum atomic E-state index is -0.827. The molecule has 104 valence electrons. The normalized spacial score (nSPS) is 15.8. The molecule has 0 aliphatic heterocycles. The van der Waals surface area contributed by atoms with Gasteiger partial charge >= 0.3 is 12.0 Å². The Hall–Kier alpha value is -2.05. The van der Waals surface area contributed by atoms with Crippen LogP contribution in [0.3, 0.4) is 0 Å². The van der Waals surface area contributed by atoms with Crippen LogP contribution in [-0.2, 0) is 11.3 Å². The molecule has 1 heterocycles. The van der Waals surface area contributed by atoms with Crippen molar-refractivity contribution in [3.8, 4) is 0 Å². The number of hydrogen-bond acceptors (Lipinski definition) is 3. The molecule has 0 saturated heterocycles. The third-order valence-electron chi connectivity index (χ3n) is 3.30. The van der Waals surface area contributed by atoms with Gasteiger partial charge < -0.3 is 15.7 Å². The largest absolute Gasteiger partial charge is 0.481 e. The molecule has 1 aromatic rings. The van der Waals surface area contributed by atoms with E-state index in [1.165, 1.54) is 0 Å². The Bertz CT molecular complexity index is 440. The summed E-state index contributed by atoms with van der Waals surface area (Å²) < 4.78 is 1.79. The van der Waals surface area contributed by atoms with E-state index in [1.807, 2.05) is 12.3 Å². The Morgan fingerprint density at radius 3 is 2.74 bits per heavy atom.